The third kappa shape index (κ3) is 3.33. The topological polar surface area (TPSA) is 81.9 Å². The summed E-state index contributed by atoms with van der Waals surface area (Å²) in [6, 6.07) is 4.95. The molecule has 8 heteroatoms. The number of thiophene rings is 1. The molecule has 0 bridgehead atoms. The number of hydrogen-bond donors (Lipinski definition) is 0. The van der Waals surface area contributed by atoms with E-state index in [4.69, 9.17) is 9.47 Å². The number of non-ortho nitro benzene ring substituents is 1. The Morgan fingerprint density at radius 2 is 2.30 bits per heavy atom. The van der Waals surface area contributed by atoms with Gasteiger partial charge in [0.15, 0.2) is 6.79 Å². The second-order valence-corrected chi connectivity index (χ2v) is 7.48. The molecule has 0 saturated heterocycles. The number of fused-ring (bicyclic) bond motifs is 2. The number of carbonyl (C=O) groups is 1. The average Bonchev–Trinajstić information content (AvgIpc) is 3.15. The molecule has 0 spiro atoms. The fourth-order valence-corrected chi connectivity index (χ4v) is 4.49. The van der Waals surface area contributed by atoms with Crippen molar-refractivity contribution in [3.8, 4) is 5.75 Å². The van der Waals surface area contributed by atoms with Crippen LogP contribution in [0, 0.1) is 10.1 Å². The molecule has 0 aliphatic carbocycles. The molecule has 1 aromatic carbocycles. The normalized spacial score (nSPS) is 18.7. The molecule has 140 valence electrons. The first-order chi connectivity index (χ1) is 13.0. The third-order valence-electron chi connectivity index (χ3n) is 4.90. The number of hydrogen-bond acceptors (Lipinski definition) is 6. The SMILES string of the molecule is C[C@H]1c2ccsc2CCN1C(=O)/C=C/c1cc([N+](=O)[O-])cc2c1OCOC2. The lowest BCUT2D eigenvalue weighted by Crippen LogP contribution is -2.37. The van der Waals surface area contributed by atoms with E-state index in [1.807, 2.05) is 11.8 Å². The van der Waals surface area contributed by atoms with Crippen LogP contribution in [0.25, 0.3) is 6.08 Å². The molecule has 1 amide bonds. The lowest BCUT2D eigenvalue weighted by molar-refractivity contribution is -0.385. The van der Waals surface area contributed by atoms with Crippen LogP contribution in [0.4, 0.5) is 5.69 Å². The van der Waals surface area contributed by atoms with Crippen LogP contribution in [-0.4, -0.2) is 29.1 Å². The maximum Gasteiger partial charge on any atom is 0.270 e. The van der Waals surface area contributed by atoms with Crippen molar-refractivity contribution in [2.24, 2.45) is 0 Å². The summed E-state index contributed by atoms with van der Waals surface area (Å²) >= 11 is 1.72. The Labute approximate surface area is 160 Å². The molecule has 7 nitrogen and oxygen atoms in total. The molecule has 3 heterocycles. The summed E-state index contributed by atoms with van der Waals surface area (Å²) in [5.74, 6) is 0.411. The number of amides is 1. The van der Waals surface area contributed by atoms with E-state index < -0.39 is 4.92 Å². The summed E-state index contributed by atoms with van der Waals surface area (Å²) in [4.78, 5) is 26.6. The summed E-state index contributed by atoms with van der Waals surface area (Å²) in [6.45, 7) is 3.01. The number of carbonyl (C=O) groups excluding carboxylic acids is 1. The predicted octanol–water partition coefficient (Wildman–Crippen LogP) is 3.68. The number of ether oxygens (including phenoxy) is 2. The van der Waals surface area contributed by atoms with Crippen molar-refractivity contribution in [1.29, 1.82) is 0 Å². The zero-order valence-corrected chi connectivity index (χ0v) is 15.5. The van der Waals surface area contributed by atoms with E-state index in [1.165, 1.54) is 28.6 Å². The molecule has 0 saturated carbocycles. The van der Waals surface area contributed by atoms with Gasteiger partial charge in [-0.3, -0.25) is 14.9 Å². The maximum absolute atomic E-state index is 12.7. The van der Waals surface area contributed by atoms with E-state index in [1.54, 1.807) is 17.4 Å². The highest BCUT2D eigenvalue weighted by atomic mass is 32.1. The molecule has 0 N–H and O–H groups in total. The van der Waals surface area contributed by atoms with Gasteiger partial charge >= 0.3 is 0 Å². The van der Waals surface area contributed by atoms with Crippen LogP contribution in [0.3, 0.4) is 0 Å². The molecule has 1 atom stereocenters. The number of rotatable bonds is 3. The lowest BCUT2D eigenvalue weighted by Gasteiger charge is -2.32. The summed E-state index contributed by atoms with van der Waals surface area (Å²) in [7, 11) is 0. The fraction of sp³-hybridized carbons (Fsp3) is 0.316. The Bertz CT molecular complexity index is 936. The zero-order valence-electron chi connectivity index (χ0n) is 14.7. The Morgan fingerprint density at radius 3 is 3.11 bits per heavy atom. The van der Waals surface area contributed by atoms with E-state index in [0.29, 0.717) is 23.4 Å². The summed E-state index contributed by atoms with van der Waals surface area (Å²) in [6.07, 6.45) is 3.91. The van der Waals surface area contributed by atoms with E-state index in [2.05, 4.69) is 11.4 Å². The second-order valence-electron chi connectivity index (χ2n) is 6.48. The van der Waals surface area contributed by atoms with Gasteiger partial charge in [-0.2, -0.15) is 0 Å². The van der Waals surface area contributed by atoms with Crippen molar-refractivity contribution in [1.82, 2.24) is 4.90 Å². The number of nitro groups is 1. The van der Waals surface area contributed by atoms with Gasteiger partial charge in [0.05, 0.1) is 17.6 Å². The van der Waals surface area contributed by atoms with E-state index in [-0.39, 0.29) is 31.0 Å². The number of benzene rings is 1. The zero-order chi connectivity index (χ0) is 19.0. The number of nitrogens with zero attached hydrogens (tertiary/aromatic N) is 2. The van der Waals surface area contributed by atoms with Crippen molar-refractivity contribution >= 4 is 29.0 Å². The highest BCUT2D eigenvalue weighted by Crippen LogP contribution is 2.35. The first-order valence-corrected chi connectivity index (χ1v) is 9.49. The summed E-state index contributed by atoms with van der Waals surface area (Å²) < 4.78 is 10.7. The van der Waals surface area contributed by atoms with Gasteiger partial charge in [-0.15, -0.1) is 11.3 Å². The van der Waals surface area contributed by atoms with Gasteiger partial charge in [0, 0.05) is 40.8 Å². The lowest BCUT2D eigenvalue weighted by atomic mass is 10.0. The van der Waals surface area contributed by atoms with Crippen molar-refractivity contribution in [2.45, 2.75) is 26.0 Å². The Hall–Kier alpha value is -2.71. The number of nitro benzene ring substituents is 1. The molecule has 27 heavy (non-hydrogen) atoms. The summed E-state index contributed by atoms with van der Waals surface area (Å²) in [5.41, 5.74) is 2.26. The molecular formula is C19H18N2O5S. The highest BCUT2D eigenvalue weighted by Gasteiger charge is 2.27. The molecule has 2 aromatic rings. The standard InChI is InChI=1S/C19H18N2O5S/c1-12-16-5-7-27-17(16)4-6-20(12)18(22)3-2-13-8-15(21(23)24)9-14-10-25-11-26-19(13)14/h2-3,5,7-9,12H,4,6,10-11H2,1H3/b3-2+/t12-/m0/s1. The summed E-state index contributed by atoms with van der Waals surface area (Å²) in [5, 5.41) is 13.2. The van der Waals surface area contributed by atoms with E-state index in [0.717, 1.165) is 6.42 Å². The first kappa shape index (κ1) is 17.7. The smallest absolute Gasteiger partial charge is 0.270 e. The molecule has 2 aliphatic heterocycles. The van der Waals surface area contributed by atoms with Crippen LogP contribution in [0.2, 0.25) is 0 Å². The highest BCUT2D eigenvalue weighted by molar-refractivity contribution is 7.10. The van der Waals surface area contributed by atoms with Crippen LogP contribution in [0.5, 0.6) is 5.75 Å². The minimum atomic E-state index is -0.459. The molecule has 2 aliphatic rings. The Balaban J connectivity index is 1.60. The van der Waals surface area contributed by atoms with Crippen LogP contribution < -0.4 is 4.74 Å². The molecule has 4 rings (SSSR count). The third-order valence-corrected chi connectivity index (χ3v) is 5.90. The molecule has 1 aromatic heterocycles. The van der Waals surface area contributed by atoms with Crippen molar-refractivity contribution in [3.05, 3.63) is 61.3 Å². The first-order valence-electron chi connectivity index (χ1n) is 8.61. The minimum Gasteiger partial charge on any atom is -0.467 e. The van der Waals surface area contributed by atoms with Gasteiger partial charge in [-0.25, -0.2) is 0 Å². The van der Waals surface area contributed by atoms with E-state index >= 15 is 0 Å². The van der Waals surface area contributed by atoms with Gasteiger partial charge in [0.25, 0.3) is 5.69 Å². The van der Waals surface area contributed by atoms with Gasteiger partial charge in [-0.1, -0.05) is 0 Å². The monoisotopic (exact) mass is 386 g/mol. The molecule has 0 fully saturated rings. The second kappa shape index (κ2) is 7.13. The van der Waals surface area contributed by atoms with Crippen LogP contribution in [-0.2, 0) is 22.6 Å². The Morgan fingerprint density at radius 1 is 1.44 bits per heavy atom. The largest absolute Gasteiger partial charge is 0.467 e. The van der Waals surface area contributed by atoms with Crippen LogP contribution in [0.1, 0.15) is 34.5 Å². The van der Waals surface area contributed by atoms with Gasteiger partial charge in [-0.05, 0) is 36.4 Å². The van der Waals surface area contributed by atoms with Crippen molar-refractivity contribution in [3.63, 3.8) is 0 Å². The van der Waals surface area contributed by atoms with Crippen LogP contribution in [0.15, 0.2) is 29.7 Å². The van der Waals surface area contributed by atoms with Crippen molar-refractivity contribution in [2.75, 3.05) is 13.3 Å². The molecule has 0 unspecified atom stereocenters. The average molecular weight is 386 g/mol. The predicted molar refractivity (Wildman–Crippen MR) is 101 cm³/mol. The molecule has 0 radical (unpaired) electrons. The minimum absolute atomic E-state index is 0.0147. The van der Waals surface area contributed by atoms with Crippen LogP contribution >= 0.6 is 11.3 Å². The van der Waals surface area contributed by atoms with Gasteiger partial charge in [0.1, 0.15) is 5.75 Å². The van der Waals surface area contributed by atoms with Gasteiger partial charge < -0.3 is 14.4 Å². The molecular weight excluding hydrogens is 368 g/mol. The maximum atomic E-state index is 12.7. The van der Waals surface area contributed by atoms with E-state index in [9.17, 15) is 14.9 Å². The fourth-order valence-electron chi connectivity index (χ4n) is 3.53. The van der Waals surface area contributed by atoms with Crippen molar-refractivity contribution < 1.29 is 19.2 Å². The quantitative estimate of drug-likeness (QED) is 0.457. The van der Waals surface area contributed by atoms with Gasteiger partial charge in [0.2, 0.25) is 5.91 Å². The Kier molecular flexibility index (Phi) is 4.67.